The number of aromatic carboxylic acids is 1. The number of aryl methyl sites for hydroxylation is 1. The van der Waals surface area contributed by atoms with E-state index in [9.17, 15) is 47.8 Å². The lowest BCUT2D eigenvalue weighted by Gasteiger charge is -2.37. The standard InChI is InChI=1S/C46H58N5O20P3S2/c1-8-47-34-18-36-32(15-26(34)3)41(33-16-27(4)35(48-9-2)19-37(33)68-36)30-13-12-28(17-31(30)44(54)55)42(52)49-23-46(5,6)76-75-25-65-14-10-11-29-21-51(45(56)50-43(29)53)40-20-38(66-24-64-7)39(69-40)22-67-73(60,61)71-74(62,63)70-72(57,58)59/h12-13,15-19,21,32,38-41,48H,8-9,14,20,22-25H2,1-7H3,(H,49,52)(H,54,55)(H,60,61)(H,62,63)(H,50,53,56)(H2,57,58,59)/b47-34-/t32?,38?,39-,40-,41?/m1/s1. The van der Waals surface area contributed by atoms with E-state index in [0.29, 0.717) is 30.2 Å². The minimum absolute atomic E-state index is 0.00939. The third kappa shape index (κ3) is 16.2. The molecule has 8 N–H and O–H groups in total. The number of H-pyrrole nitrogens is 1. The molecule has 1 amide bonds. The molecule has 0 bridgehead atoms. The average molecular weight is 1160 g/mol. The molecule has 6 rings (SSSR count). The zero-order chi connectivity index (χ0) is 55.8. The first-order valence-electron chi connectivity index (χ1n) is 23.2. The number of ether oxygens (including phenoxy) is 5. The highest BCUT2D eigenvalue weighted by Gasteiger charge is 2.44. The number of nitrogens with zero attached hydrogens (tertiary/aromatic N) is 2. The van der Waals surface area contributed by atoms with Gasteiger partial charge in [-0.05, 0) is 76.4 Å². The maximum atomic E-state index is 13.6. The van der Waals surface area contributed by atoms with Crippen molar-refractivity contribution in [1.82, 2.24) is 14.9 Å². The van der Waals surface area contributed by atoms with E-state index < -0.39 is 82.3 Å². The maximum Gasteiger partial charge on any atom is 0.490 e. The van der Waals surface area contributed by atoms with Crippen LogP contribution in [0, 0.1) is 24.7 Å². The van der Waals surface area contributed by atoms with Crippen LogP contribution in [0.15, 0.2) is 74.6 Å². The number of aliphatic imine (C=N–C) groups is 1. The summed E-state index contributed by atoms with van der Waals surface area (Å²) in [5.74, 6) is 4.31. The van der Waals surface area contributed by atoms with E-state index in [1.807, 2.05) is 59.8 Å². The number of hydrogen-bond donors (Lipinski definition) is 8. The van der Waals surface area contributed by atoms with Gasteiger partial charge in [0.2, 0.25) is 0 Å². The molecule has 1 fully saturated rings. The lowest BCUT2D eigenvalue weighted by Crippen LogP contribution is -2.36. The molecule has 414 valence electrons. The normalized spacial score (nSPS) is 21.4. The van der Waals surface area contributed by atoms with Crippen LogP contribution in [-0.2, 0) is 45.8 Å². The number of carbonyl (C=O) groups is 2. The molecule has 2 aliphatic heterocycles. The van der Waals surface area contributed by atoms with Gasteiger partial charge in [-0.25, -0.2) is 23.3 Å². The smallest absolute Gasteiger partial charge is 0.478 e. The predicted molar refractivity (Wildman–Crippen MR) is 280 cm³/mol. The number of carboxylic acids is 1. The molecule has 3 aliphatic rings. The lowest BCUT2D eigenvalue weighted by molar-refractivity contribution is -0.107. The van der Waals surface area contributed by atoms with Crippen molar-refractivity contribution in [3.63, 3.8) is 0 Å². The molecule has 1 saturated heterocycles. The molecular weight excluding hydrogens is 1100 g/mol. The number of methoxy groups -OCH3 is 1. The van der Waals surface area contributed by atoms with Crippen molar-refractivity contribution in [2.45, 2.75) is 77.1 Å². The predicted octanol–water partition coefficient (Wildman–Crippen LogP) is 5.96. The molecule has 1 aliphatic carbocycles. The van der Waals surface area contributed by atoms with Gasteiger partial charge in [0.1, 0.15) is 48.7 Å². The molecule has 25 nitrogen and oxygen atoms in total. The number of allylic oxidation sites excluding steroid dienone is 3. The van der Waals surface area contributed by atoms with E-state index in [2.05, 4.69) is 47.1 Å². The fraction of sp³-hybridized carbons (Fsp3) is 0.457. The van der Waals surface area contributed by atoms with Crippen molar-refractivity contribution < 1.29 is 84.8 Å². The number of aromatic amines is 1. The van der Waals surface area contributed by atoms with Crippen molar-refractivity contribution in [2.24, 2.45) is 10.9 Å². The molecular formula is C46H58N5O20P3S2. The molecule has 5 unspecified atom stereocenters. The van der Waals surface area contributed by atoms with Crippen LogP contribution in [0.25, 0.3) is 0 Å². The Bertz CT molecular complexity index is 3110. The maximum absolute atomic E-state index is 13.6. The molecule has 0 radical (unpaired) electrons. The van der Waals surface area contributed by atoms with Crippen LogP contribution in [-0.4, -0.2) is 121 Å². The minimum Gasteiger partial charge on any atom is -0.478 e. The highest BCUT2D eigenvalue weighted by atomic mass is 33.1. The Kier molecular flexibility index (Phi) is 20.6. The van der Waals surface area contributed by atoms with Gasteiger partial charge in [0.15, 0.2) is 0 Å². The second-order valence-corrected chi connectivity index (χ2v) is 25.1. The summed E-state index contributed by atoms with van der Waals surface area (Å²) in [6, 6.07) is 8.71. The third-order valence-corrected chi connectivity index (χ3v) is 18.2. The first-order valence-corrected chi connectivity index (χ1v) is 30.0. The molecule has 3 heterocycles. The average Bonchev–Trinajstić information content (AvgIpc) is 3.73. The van der Waals surface area contributed by atoms with Gasteiger partial charge < -0.3 is 59.0 Å². The van der Waals surface area contributed by atoms with Crippen LogP contribution < -0.4 is 26.6 Å². The van der Waals surface area contributed by atoms with Crippen LogP contribution in [0.1, 0.15) is 96.2 Å². The molecule has 1 aromatic heterocycles. The van der Waals surface area contributed by atoms with Crippen LogP contribution in [0.5, 0.6) is 5.75 Å². The third-order valence-electron chi connectivity index (χ3n) is 11.5. The van der Waals surface area contributed by atoms with Gasteiger partial charge in [-0.3, -0.25) is 28.7 Å². The summed E-state index contributed by atoms with van der Waals surface area (Å²) in [5.41, 5.74) is 3.24. The fourth-order valence-electron chi connectivity index (χ4n) is 8.22. The molecule has 7 atom stereocenters. The number of aromatic nitrogens is 2. The first-order chi connectivity index (χ1) is 35.7. The van der Waals surface area contributed by atoms with Crippen molar-refractivity contribution in [1.29, 1.82) is 0 Å². The summed E-state index contributed by atoms with van der Waals surface area (Å²) >= 11 is 0. The van der Waals surface area contributed by atoms with Gasteiger partial charge in [-0.1, -0.05) is 45.6 Å². The van der Waals surface area contributed by atoms with Gasteiger partial charge in [0.05, 0.1) is 24.0 Å². The van der Waals surface area contributed by atoms with Crippen molar-refractivity contribution in [2.75, 3.05) is 58.0 Å². The van der Waals surface area contributed by atoms with Crippen LogP contribution in [0.4, 0.5) is 5.69 Å². The number of benzene rings is 2. The zero-order valence-corrected chi connectivity index (χ0v) is 46.4. The molecule has 2 aromatic carbocycles. The SMILES string of the molecule is CC/N=C1/C=C2Oc3cc(NCC)c(C)cc3C(c3ccc(C(=O)NCC(C)(C)SSCOCC#Cc4cn([C@H]5CC(OCOC)[C@@H](COP(=O)(O)OP(=O)(O)OP(=O)(O)O)O5)c(=O)[nH]c4=O)cc3C(=O)O)C2C=C1C. The van der Waals surface area contributed by atoms with Crippen LogP contribution >= 0.6 is 45.1 Å². The number of fused-ring (bicyclic) bond motifs is 2. The van der Waals surface area contributed by atoms with Gasteiger partial charge >= 0.3 is 35.1 Å². The second kappa shape index (κ2) is 25.9. The van der Waals surface area contributed by atoms with E-state index in [4.69, 9.17) is 38.0 Å². The quantitative estimate of drug-likeness (QED) is 0.0169. The van der Waals surface area contributed by atoms with E-state index >= 15 is 0 Å². The summed E-state index contributed by atoms with van der Waals surface area (Å²) < 4.78 is 76.0. The topological polar surface area (TPSA) is 352 Å². The fourth-order valence-corrected chi connectivity index (χ4v) is 13.4. The summed E-state index contributed by atoms with van der Waals surface area (Å²) in [6.07, 6.45) is 1.50. The summed E-state index contributed by atoms with van der Waals surface area (Å²) in [4.78, 5) is 95.9. The number of hydrogen-bond acceptors (Lipinski definition) is 19. The summed E-state index contributed by atoms with van der Waals surface area (Å²) in [6.45, 7) is 11.9. The number of phosphoric ester groups is 1. The van der Waals surface area contributed by atoms with E-state index in [0.717, 1.165) is 38.9 Å². The van der Waals surface area contributed by atoms with Crippen molar-refractivity contribution in [3.05, 3.63) is 114 Å². The van der Waals surface area contributed by atoms with E-state index in [-0.39, 0.29) is 54.9 Å². The zero-order valence-electron chi connectivity index (χ0n) is 42.1. The largest absolute Gasteiger partial charge is 0.490 e. The first kappa shape index (κ1) is 60.5. The summed E-state index contributed by atoms with van der Waals surface area (Å²) in [5, 5.41) is 16.9. The van der Waals surface area contributed by atoms with Crippen molar-refractivity contribution >= 4 is 68.3 Å². The van der Waals surface area contributed by atoms with E-state index in [1.54, 1.807) is 12.1 Å². The molecule has 0 saturated carbocycles. The molecule has 30 heteroatoms. The Morgan fingerprint density at radius 1 is 1.04 bits per heavy atom. The van der Waals surface area contributed by atoms with Crippen LogP contribution in [0.2, 0.25) is 0 Å². The molecule has 76 heavy (non-hydrogen) atoms. The Morgan fingerprint density at radius 3 is 2.47 bits per heavy atom. The highest BCUT2D eigenvalue weighted by molar-refractivity contribution is 8.77. The Morgan fingerprint density at radius 2 is 1.79 bits per heavy atom. The van der Waals surface area contributed by atoms with Crippen LogP contribution in [0.3, 0.4) is 0 Å². The lowest BCUT2D eigenvalue weighted by atomic mass is 9.73. The number of amides is 1. The number of carboxylic acid groups (broad SMARTS) is 1. The van der Waals surface area contributed by atoms with Gasteiger partial charge in [-0.2, -0.15) is 8.62 Å². The Labute approximate surface area is 444 Å². The number of phosphoric acid groups is 3. The number of carbonyl (C=O) groups excluding carboxylic acids is 1. The number of nitrogens with one attached hydrogen (secondary N) is 3. The monoisotopic (exact) mass is 1160 g/mol. The number of anilines is 1. The van der Waals surface area contributed by atoms with Gasteiger partial charge in [0.25, 0.3) is 11.5 Å². The van der Waals surface area contributed by atoms with Crippen molar-refractivity contribution in [3.8, 4) is 17.6 Å². The molecule has 0 spiro atoms. The van der Waals surface area contributed by atoms with Gasteiger partial charge in [-0.15, -0.1) is 0 Å². The minimum atomic E-state index is -5.80. The Balaban J connectivity index is 1.04. The Hall–Kier alpha value is -4.68. The second-order valence-electron chi connectivity index (χ2n) is 17.7. The molecule has 3 aromatic rings. The highest BCUT2D eigenvalue weighted by Crippen LogP contribution is 2.66. The summed E-state index contributed by atoms with van der Waals surface area (Å²) in [7, 11) is -12.9. The van der Waals surface area contributed by atoms with Gasteiger partial charge in [0, 0.05) is 84.9 Å². The number of rotatable bonds is 24. The van der Waals surface area contributed by atoms with E-state index in [1.165, 1.54) is 34.8 Å².